The Hall–Kier alpha value is -6.93. The van der Waals surface area contributed by atoms with Crippen LogP contribution in [0.4, 0.5) is 0 Å². The maximum atomic E-state index is 8.91. The van der Waals surface area contributed by atoms with Crippen molar-refractivity contribution in [1.29, 1.82) is 10.5 Å². The number of hydrogen-bond donors (Lipinski definition) is 2. The molecule has 0 amide bonds. The molecule has 0 spiro atoms. The maximum Gasteiger partial charge on any atom is -0.0134 e. The second kappa shape index (κ2) is 35.8. The zero-order chi connectivity index (χ0) is 61.0. The van der Waals surface area contributed by atoms with Crippen LogP contribution in [0, 0.1) is 26.2 Å². The molecule has 0 bridgehead atoms. The average molecular weight is 1450 g/mol. The molecule has 7 aromatic carbocycles. The van der Waals surface area contributed by atoms with Crippen molar-refractivity contribution in [1.82, 2.24) is 19.3 Å². The zero-order valence-corrected chi connectivity index (χ0v) is 54.5. The van der Waals surface area contributed by atoms with Crippen LogP contribution >= 0.6 is 69.5 Å². The predicted octanol–water partition coefficient (Wildman–Crippen LogP) is 13.8. The number of nitriles is 2. The summed E-state index contributed by atoms with van der Waals surface area (Å²) in [7, 11) is 9.49. The summed E-state index contributed by atoms with van der Waals surface area (Å²) in [6, 6.07) is 84.0. The number of benzene rings is 7. The average Bonchev–Trinajstić information content (AvgIpc) is 2.71. The van der Waals surface area contributed by atoms with Gasteiger partial charge in [-0.1, -0.05) is 205 Å². The first-order valence-electron chi connectivity index (χ1n) is 26.9. The van der Waals surface area contributed by atoms with Crippen LogP contribution in [-0.4, -0.2) is 49.6 Å². The molecule has 6 heterocycles. The van der Waals surface area contributed by atoms with Crippen LogP contribution in [0.15, 0.2) is 277 Å². The number of aryl methyl sites for hydroxylation is 1. The van der Waals surface area contributed by atoms with E-state index in [2.05, 4.69) is 227 Å². The summed E-state index contributed by atoms with van der Waals surface area (Å²) >= 11 is 3.17. The van der Waals surface area contributed by atoms with Crippen LogP contribution in [-0.2, 0) is 32.1 Å². The first kappa shape index (κ1) is 66.0. The minimum Gasteiger partial charge on any atom is -0.0622 e. The maximum absolute atomic E-state index is 8.91. The first-order chi connectivity index (χ1) is 42.7. The molecule has 440 valence electrons. The van der Waals surface area contributed by atoms with Gasteiger partial charge in [-0.05, 0) is 107 Å². The Bertz CT molecular complexity index is 3730. The molecule has 1 aliphatic heterocycles. The van der Waals surface area contributed by atoms with Crippen LogP contribution < -0.4 is 36.8 Å². The van der Waals surface area contributed by atoms with Gasteiger partial charge in [0.15, 0.2) is 5.65 Å². The van der Waals surface area contributed by atoms with E-state index in [1.54, 1.807) is 31.0 Å². The van der Waals surface area contributed by atoms with E-state index in [0.717, 1.165) is 54.5 Å². The molecule has 0 saturated carbocycles. The number of halogens is 3. The van der Waals surface area contributed by atoms with Gasteiger partial charge in [0.2, 0.25) is 0 Å². The molecule has 1 atom stereocenters. The fraction of sp³-hybridized carbons (Fsp3) is 0.0746. The van der Waals surface area contributed by atoms with E-state index in [1.165, 1.54) is 42.8 Å². The largest absolute Gasteiger partial charge is 0.0622 e. The summed E-state index contributed by atoms with van der Waals surface area (Å²) in [6.45, 7) is 1.17. The van der Waals surface area contributed by atoms with E-state index in [-0.39, 0.29) is 21.8 Å². The van der Waals surface area contributed by atoms with Gasteiger partial charge in [-0.3, -0.25) is 0 Å². The van der Waals surface area contributed by atoms with Gasteiger partial charge in [0.1, 0.15) is 17.8 Å². The van der Waals surface area contributed by atoms with Gasteiger partial charge in [0.25, 0.3) is 0 Å². The summed E-state index contributed by atoms with van der Waals surface area (Å²) in [5, 5.41) is 45.1. The molecule has 1 unspecified atom stereocenters. The first-order valence-corrected chi connectivity index (χ1v) is 35.4. The number of aromatic nitrogens is 4. The molecule has 0 radical (unpaired) electrons. The monoisotopic (exact) mass is 1450 g/mol. The molecule has 12 aromatic rings. The van der Waals surface area contributed by atoms with E-state index in [1.807, 2.05) is 60.3 Å². The molecule has 13 rings (SSSR count). The van der Waals surface area contributed by atoms with Gasteiger partial charge in [-0.2, -0.15) is 10.5 Å². The van der Waals surface area contributed by atoms with Crippen LogP contribution in [0.3, 0.4) is 0 Å². The number of furan rings is 1. The molecule has 1 fully saturated rings. The Kier molecular flexibility index (Phi) is 27.1. The topological polar surface area (TPSA) is 165 Å². The van der Waals surface area contributed by atoms with E-state index < -0.39 is 23.0 Å². The van der Waals surface area contributed by atoms with Crippen molar-refractivity contribution in [2.75, 3.05) is 13.2 Å². The molecule has 1 saturated heterocycles. The molecule has 12 nitrogen and oxygen atoms in total. The SMILES string of the molecule is Cn1cc(-c2ccoc2)c2cc(C#N)cnc21.N#Cc1cnc2c(c1)c(I)cn2OOSc1ccccc1.OB(O)C1CCOC1.[Cl][Pd][Cl].c1ccc(P(c2ccccc2)c2ccccc2)cc1.c1ccc(P(c2ccccc2)c2ccccc2)cc1. The Balaban J connectivity index is 0.000000142. The van der Waals surface area contributed by atoms with Crippen LogP contribution in [0.25, 0.3) is 33.2 Å². The number of fused-ring (bicyclic) bond motifs is 2. The van der Waals surface area contributed by atoms with Crippen molar-refractivity contribution in [2.45, 2.75) is 17.1 Å². The number of nitrogens with zero attached hydrogens (tertiary/aromatic N) is 6. The predicted molar refractivity (Wildman–Crippen MR) is 362 cm³/mol. The van der Waals surface area contributed by atoms with Gasteiger partial charge < -0.3 is 23.8 Å². The van der Waals surface area contributed by atoms with Gasteiger partial charge in [-0.25, -0.2) is 15.0 Å². The third kappa shape index (κ3) is 19.5. The van der Waals surface area contributed by atoms with E-state index in [9.17, 15) is 0 Å². The Morgan fingerprint density at radius 2 is 1.03 bits per heavy atom. The summed E-state index contributed by atoms with van der Waals surface area (Å²) in [6.07, 6.45) is 10.9. The van der Waals surface area contributed by atoms with Crippen molar-refractivity contribution >= 4 is 131 Å². The quantitative estimate of drug-likeness (QED) is 0.0299. The molecule has 1 aliphatic rings. The summed E-state index contributed by atoms with van der Waals surface area (Å²) in [4.78, 5) is 14.7. The molecule has 20 heteroatoms. The summed E-state index contributed by atoms with van der Waals surface area (Å²) in [5.74, 6) is -0.0463. The fourth-order valence-corrected chi connectivity index (χ4v) is 14.5. The van der Waals surface area contributed by atoms with Crippen molar-refractivity contribution in [3.05, 3.63) is 283 Å². The molecule has 0 aliphatic carbocycles. The van der Waals surface area contributed by atoms with Gasteiger partial charge in [-0.15, -0.1) is 4.73 Å². The molecular weight excluding hydrogens is 1390 g/mol. The fourth-order valence-electron chi connectivity index (χ4n) is 8.84. The molecular formula is C67H56BCl2IN6O6P2PdS. The standard InChI is InChI=1S/2C18H15P.C14H8IN3O2S.C13H9N3O.C4H9BO3.2ClH.Pd/c2*1-4-10-16(11-5-1)19(17-12-6-2-7-13-17)18-14-8-3-9-15-18;15-13-9-18(14-12(13)6-10(7-16)8-17-14)19-20-21-11-4-2-1-3-5-11;1-16-7-12(10-2-3-17-8-10)11-4-9(5-14)6-15-13(11)16;6-5(7)4-1-2-8-3-4;;;/h2*1-15H;1-6,8-9H;2-4,6-8H,1H3;4,6-7H,1-3H2;2*1H;/q;;;;;;;+2/p-2. The Morgan fingerprint density at radius 1 is 0.621 bits per heavy atom. The summed E-state index contributed by atoms with van der Waals surface area (Å²) < 4.78 is 19.5. The minimum absolute atomic E-state index is 0.0463. The van der Waals surface area contributed by atoms with Crippen LogP contribution in [0.5, 0.6) is 0 Å². The van der Waals surface area contributed by atoms with E-state index in [4.69, 9.17) is 58.1 Å². The number of pyridine rings is 2. The van der Waals surface area contributed by atoms with Gasteiger partial charge >= 0.3 is 42.1 Å². The zero-order valence-electron chi connectivity index (χ0n) is 46.6. The Morgan fingerprint density at radius 3 is 1.40 bits per heavy atom. The van der Waals surface area contributed by atoms with Crippen molar-refractivity contribution in [2.24, 2.45) is 7.05 Å². The van der Waals surface area contributed by atoms with Crippen molar-refractivity contribution < 1.29 is 44.5 Å². The third-order valence-corrected chi connectivity index (χ3v) is 19.3. The van der Waals surface area contributed by atoms with E-state index in [0.29, 0.717) is 30.0 Å². The van der Waals surface area contributed by atoms with Crippen molar-refractivity contribution in [3.63, 3.8) is 0 Å². The van der Waals surface area contributed by atoms with Crippen molar-refractivity contribution in [3.8, 4) is 23.3 Å². The Labute approximate surface area is 543 Å². The normalized spacial score (nSPS) is 12.1. The van der Waals surface area contributed by atoms with E-state index >= 15 is 0 Å². The minimum atomic E-state index is -1.18. The second-order valence-electron chi connectivity index (χ2n) is 18.7. The van der Waals surface area contributed by atoms with Gasteiger partial charge in [0, 0.05) is 75.0 Å². The number of rotatable bonds is 12. The third-order valence-electron chi connectivity index (χ3n) is 12.9. The van der Waals surface area contributed by atoms with Crippen LogP contribution in [0.2, 0.25) is 5.82 Å². The molecule has 5 aromatic heterocycles. The number of hydrogen-bond acceptors (Lipinski definition) is 11. The summed E-state index contributed by atoms with van der Waals surface area (Å²) in [5.41, 5.74) is 4.56. The molecule has 87 heavy (non-hydrogen) atoms. The van der Waals surface area contributed by atoms with Crippen LogP contribution in [0.1, 0.15) is 17.5 Å². The number of ether oxygens (including phenoxy) is 1. The second-order valence-corrected chi connectivity index (χ2v) is 27.4. The smallest absolute Gasteiger partial charge is 0.0134 e. The van der Waals surface area contributed by atoms with Gasteiger partial charge in [0.05, 0.1) is 41.9 Å². The molecule has 2 N–H and O–H groups in total.